The molecule has 6 heteroatoms. The van der Waals surface area contributed by atoms with Crippen LogP contribution in [0, 0.1) is 5.92 Å². The highest BCUT2D eigenvalue weighted by Gasteiger charge is 2.33. The number of carbonyl (C=O) groups excluding carboxylic acids is 1. The quantitative estimate of drug-likeness (QED) is 0.500. The fraction of sp³-hybridized carbons (Fsp3) is 0.944. The van der Waals surface area contributed by atoms with Gasteiger partial charge in [0, 0.05) is 11.7 Å². The first kappa shape index (κ1) is 22.0. The minimum absolute atomic E-state index is 0.219. The van der Waals surface area contributed by atoms with Gasteiger partial charge < -0.3 is 4.55 Å². The van der Waals surface area contributed by atoms with Crippen LogP contribution in [0.2, 0.25) is 0 Å². The van der Waals surface area contributed by atoms with E-state index < -0.39 is 10.1 Å². The predicted molar refractivity (Wildman–Crippen MR) is 101 cm³/mol. The zero-order valence-electron chi connectivity index (χ0n) is 15.3. The number of ketones is 1. The van der Waals surface area contributed by atoms with Crippen LogP contribution in [0.3, 0.4) is 0 Å². The van der Waals surface area contributed by atoms with Gasteiger partial charge in [0.25, 0.3) is 0 Å². The van der Waals surface area contributed by atoms with E-state index in [2.05, 4.69) is 6.26 Å². The van der Waals surface area contributed by atoms with Gasteiger partial charge in [0.05, 0.1) is 16.4 Å². The molecule has 1 unspecified atom stereocenters. The molecular formula is C18H34O4S2. The van der Waals surface area contributed by atoms with E-state index in [1.807, 2.05) is 6.92 Å². The van der Waals surface area contributed by atoms with Gasteiger partial charge in [-0.1, -0.05) is 32.6 Å². The first-order valence-electron chi connectivity index (χ1n) is 9.41. The van der Waals surface area contributed by atoms with Crippen molar-refractivity contribution < 1.29 is 17.8 Å². The third-order valence-corrected chi connectivity index (χ3v) is 8.19. The van der Waals surface area contributed by atoms with Gasteiger partial charge in [0.1, 0.15) is 5.25 Å². The summed E-state index contributed by atoms with van der Waals surface area (Å²) in [5.41, 5.74) is 0. The van der Waals surface area contributed by atoms with E-state index >= 15 is 0 Å². The van der Waals surface area contributed by atoms with Crippen LogP contribution in [-0.2, 0) is 25.8 Å². The molecule has 0 heterocycles. The van der Waals surface area contributed by atoms with Crippen LogP contribution < -0.4 is 0 Å². The lowest BCUT2D eigenvalue weighted by atomic mass is 10.0. The van der Waals surface area contributed by atoms with Gasteiger partial charge in [0.2, 0.25) is 0 Å². The summed E-state index contributed by atoms with van der Waals surface area (Å²) in [6.07, 6.45) is 15.5. The van der Waals surface area contributed by atoms with Gasteiger partial charge in [0.15, 0.2) is 11.5 Å². The molecule has 0 amide bonds. The van der Waals surface area contributed by atoms with Crippen LogP contribution in [0.1, 0.15) is 77.6 Å². The lowest BCUT2D eigenvalue weighted by molar-refractivity contribution is -0.120. The Balaban J connectivity index is 0.000000307. The molecule has 2 fully saturated rings. The van der Waals surface area contributed by atoms with Crippen molar-refractivity contribution in [1.82, 2.24) is 0 Å². The minimum Gasteiger partial charge on any atom is -0.748 e. The van der Waals surface area contributed by atoms with Crippen LogP contribution in [0.15, 0.2) is 0 Å². The highest BCUT2D eigenvalue weighted by molar-refractivity contribution is 7.97. The fourth-order valence-corrected chi connectivity index (χ4v) is 6.20. The minimum atomic E-state index is -3.94. The molecule has 2 saturated carbocycles. The number of rotatable bonds is 7. The van der Waals surface area contributed by atoms with Crippen molar-refractivity contribution in [1.29, 1.82) is 0 Å². The van der Waals surface area contributed by atoms with Gasteiger partial charge in [-0.15, -0.1) is 0 Å². The Kier molecular flexibility index (Phi) is 10.6. The maximum atomic E-state index is 12.1. The second kappa shape index (κ2) is 11.5. The molecular weight excluding hydrogens is 344 g/mol. The van der Waals surface area contributed by atoms with Crippen molar-refractivity contribution >= 4 is 26.8 Å². The molecule has 0 N–H and O–H groups in total. The molecule has 0 aromatic heterocycles. The van der Waals surface area contributed by atoms with Crippen LogP contribution >= 0.6 is 0 Å². The van der Waals surface area contributed by atoms with Crippen molar-refractivity contribution in [2.24, 2.45) is 5.92 Å². The average Bonchev–Trinajstić information content (AvgIpc) is 3.08. The Morgan fingerprint density at radius 1 is 1.04 bits per heavy atom. The molecule has 0 aliphatic heterocycles. The molecule has 1 atom stereocenters. The molecule has 2 aliphatic rings. The largest absolute Gasteiger partial charge is 0.748 e. The summed E-state index contributed by atoms with van der Waals surface area (Å²) in [6.45, 7) is 1.84. The van der Waals surface area contributed by atoms with Crippen LogP contribution in [0.5, 0.6) is 0 Å². The number of carbonyl (C=O) groups is 1. The number of unbranched alkanes of at least 4 members (excludes halogenated alkanes) is 1. The molecule has 0 bridgehead atoms. The predicted octanol–water partition coefficient (Wildman–Crippen LogP) is 3.66. The molecule has 4 nitrogen and oxygen atoms in total. The maximum absolute atomic E-state index is 12.1. The summed E-state index contributed by atoms with van der Waals surface area (Å²) < 4.78 is 29.5. The molecule has 2 rings (SSSR count). The Labute approximate surface area is 151 Å². The Hall–Kier alpha value is -0.0700. The van der Waals surface area contributed by atoms with E-state index in [1.54, 1.807) is 0 Å². The molecule has 0 spiro atoms. The average molecular weight is 379 g/mol. The summed E-state index contributed by atoms with van der Waals surface area (Å²) in [4.78, 5) is 12.1. The monoisotopic (exact) mass is 378 g/mol. The second-order valence-corrected chi connectivity index (χ2v) is 11.0. The Bertz CT molecular complexity index is 450. The van der Waals surface area contributed by atoms with Gasteiger partial charge in [-0.2, -0.15) is 0 Å². The fourth-order valence-electron chi connectivity index (χ4n) is 3.50. The third-order valence-electron chi connectivity index (χ3n) is 5.05. The van der Waals surface area contributed by atoms with E-state index in [0.717, 1.165) is 17.4 Å². The summed E-state index contributed by atoms with van der Waals surface area (Å²) in [5, 5.41) is 0.874. The highest BCUT2D eigenvalue weighted by atomic mass is 32.2. The van der Waals surface area contributed by atoms with Crippen LogP contribution in [-0.4, -0.2) is 41.8 Å². The second-order valence-electron chi connectivity index (χ2n) is 7.16. The molecule has 0 saturated heterocycles. The van der Waals surface area contributed by atoms with E-state index in [9.17, 15) is 17.8 Å². The van der Waals surface area contributed by atoms with Crippen LogP contribution in [0.25, 0.3) is 0 Å². The van der Waals surface area contributed by atoms with E-state index in [4.69, 9.17) is 0 Å². The smallest absolute Gasteiger partial charge is 0.184 e. The topological polar surface area (TPSA) is 74.3 Å². The van der Waals surface area contributed by atoms with Gasteiger partial charge in [-0.3, -0.25) is 4.79 Å². The highest BCUT2D eigenvalue weighted by Crippen LogP contribution is 2.28. The van der Waals surface area contributed by atoms with Crippen molar-refractivity contribution in [3.8, 4) is 0 Å². The molecule has 0 aromatic carbocycles. The molecule has 0 radical (unpaired) electrons. The normalized spacial score (nSPS) is 21.1. The van der Waals surface area contributed by atoms with Crippen molar-refractivity contribution in [2.45, 2.75) is 82.8 Å². The SMILES string of the molecule is CCCCS(=O)(=O)[O-].C[S+](CC(=O)C1CCCC1)C1CCCCC1. The Morgan fingerprint density at radius 3 is 2.04 bits per heavy atom. The van der Waals surface area contributed by atoms with E-state index in [-0.39, 0.29) is 5.75 Å². The summed E-state index contributed by atoms with van der Waals surface area (Å²) >= 11 is 0. The van der Waals surface area contributed by atoms with Crippen molar-refractivity contribution in [2.75, 3.05) is 17.8 Å². The summed E-state index contributed by atoms with van der Waals surface area (Å²) in [6, 6.07) is 0. The van der Waals surface area contributed by atoms with Gasteiger partial charge >= 0.3 is 0 Å². The van der Waals surface area contributed by atoms with E-state index in [0.29, 0.717) is 29.0 Å². The molecule has 142 valence electrons. The third kappa shape index (κ3) is 9.42. The lowest BCUT2D eigenvalue weighted by Crippen LogP contribution is -2.31. The number of hydrogen-bond donors (Lipinski definition) is 0. The number of Topliss-reactive ketones (excluding diaryl/α,β-unsaturated/α-hetero) is 1. The summed E-state index contributed by atoms with van der Waals surface area (Å²) in [7, 11) is -3.57. The lowest BCUT2D eigenvalue weighted by Gasteiger charge is -2.21. The Morgan fingerprint density at radius 2 is 1.58 bits per heavy atom. The zero-order chi connectivity index (χ0) is 18.0. The molecule has 2 aliphatic carbocycles. The first-order chi connectivity index (χ1) is 11.3. The summed E-state index contributed by atoms with van der Waals surface area (Å²) in [5.74, 6) is 1.71. The van der Waals surface area contributed by atoms with Crippen LogP contribution in [0.4, 0.5) is 0 Å². The molecule has 0 aromatic rings. The first-order valence-corrected chi connectivity index (χ1v) is 12.9. The van der Waals surface area contributed by atoms with Gasteiger partial charge in [-0.05, 0) is 55.8 Å². The number of hydrogen-bond acceptors (Lipinski definition) is 4. The standard InChI is InChI=1S/C14H25OS.C4H10O3S/c1-16(13-9-3-2-4-10-13)11-14(15)12-7-5-6-8-12;1-2-3-4-8(5,6)7/h12-13H,2-11H2,1H3;2-4H2,1H3,(H,5,6,7)/q+1;/p-1. The van der Waals surface area contributed by atoms with Crippen molar-refractivity contribution in [3.63, 3.8) is 0 Å². The van der Waals surface area contributed by atoms with Crippen molar-refractivity contribution in [3.05, 3.63) is 0 Å². The molecule has 24 heavy (non-hydrogen) atoms. The van der Waals surface area contributed by atoms with E-state index in [1.165, 1.54) is 57.8 Å². The maximum Gasteiger partial charge on any atom is 0.184 e. The zero-order valence-corrected chi connectivity index (χ0v) is 16.9. The van der Waals surface area contributed by atoms with Gasteiger partial charge in [-0.25, -0.2) is 8.42 Å².